The van der Waals surface area contributed by atoms with Gasteiger partial charge in [-0.15, -0.1) is 0 Å². The molecule has 0 aromatic heterocycles. The topological polar surface area (TPSA) is 71.0 Å². The molecule has 0 bridgehead atoms. The molecule has 1 aromatic rings. The van der Waals surface area contributed by atoms with Crippen LogP contribution in [0.2, 0.25) is 0 Å². The van der Waals surface area contributed by atoms with Crippen LogP contribution in [0.15, 0.2) is 16.1 Å². The maximum atomic E-state index is 9.69. The third-order valence-corrected chi connectivity index (χ3v) is 2.62. The summed E-state index contributed by atoms with van der Waals surface area (Å²) < 4.78 is 0. The van der Waals surface area contributed by atoms with Gasteiger partial charge in [-0.3, -0.25) is 9.98 Å². The van der Waals surface area contributed by atoms with Gasteiger partial charge in [0.25, 0.3) is 0 Å². The average molecular weight is 187 g/mol. The molecule has 2 heterocycles. The largest absolute Gasteiger partial charge is 0.504 e. The van der Waals surface area contributed by atoms with E-state index < -0.39 is 0 Å². The number of hydrogen-bond donors (Lipinski definition) is 2. The first-order valence-electron chi connectivity index (χ1n) is 4.50. The van der Waals surface area contributed by atoms with Crippen molar-refractivity contribution in [3.05, 3.63) is 16.6 Å². The number of anilines is 1. The van der Waals surface area contributed by atoms with E-state index in [9.17, 15) is 5.11 Å². The lowest BCUT2D eigenvalue weighted by molar-refractivity contribution is 0.479. The van der Waals surface area contributed by atoms with Crippen LogP contribution in [-0.4, -0.2) is 17.9 Å². The molecule has 2 aliphatic heterocycles. The summed E-state index contributed by atoms with van der Waals surface area (Å²) in [4.78, 5) is 8.51. The molecule has 0 saturated carbocycles. The second-order valence-corrected chi connectivity index (χ2v) is 3.47. The minimum absolute atomic E-state index is 0.0760. The summed E-state index contributed by atoms with van der Waals surface area (Å²) in [5.41, 5.74) is 7.73. The lowest BCUT2D eigenvalue weighted by atomic mass is 10.1. The van der Waals surface area contributed by atoms with Crippen molar-refractivity contribution in [1.29, 1.82) is 0 Å². The first-order valence-corrected chi connectivity index (χ1v) is 4.50. The quantitative estimate of drug-likeness (QED) is 0.438. The summed E-state index contributed by atoms with van der Waals surface area (Å²) in [5.74, 6) is 0.0760. The van der Waals surface area contributed by atoms with E-state index in [1.54, 1.807) is 12.3 Å². The van der Waals surface area contributed by atoms with Crippen LogP contribution < -0.4 is 16.3 Å². The normalized spacial score (nSPS) is 16.7. The van der Waals surface area contributed by atoms with Gasteiger partial charge in [-0.1, -0.05) is 0 Å². The summed E-state index contributed by atoms with van der Waals surface area (Å²) in [5, 5.41) is 11.5. The number of rotatable bonds is 0. The Morgan fingerprint density at radius 3 is 3.14 bits per heavy atom. The number of phenols is 1. The zero-order valence-corrected chi connectivity index (χ0v) is 7.49. The van der Waals surface area contributed by atoms with Crippen molar-refractivity contribution >= 4 is 23.2 Å². The van der Waals surface area contributed by atoms with Crippen molar-refractivity contribution in [3.8, 4) is 5.75 Å². The molecule has 0 spiro atoms. The highest BCUT2D eigenvalue weighted by Gasteiger charge is 2.17. The Kier molecular flexibility index (Phi) is 1.27. The fraction of sp³-hybridized carbons (Fsp3) is 0.200. The maximum absolute atomic E-state index is 9.69. The highest BCUT2D eigenvalue weighted by Crippen LogP contribution is 2.30. The zero-order valence-electron chi connectivity index (χ0n) is 7.49. The van der Waals surface area contributed by atoms with Gasteiger partial charge in [0.05, 0.1) is 11.0 Å². The number of phenolic OH excluding ortho intramolecular Hbond substituents is 1. The number of hydrogen-bond acceptors (Lipinski definition) is 4. The Bertz CT molecular complexity index is 572. The predicted octanol–water partition coefficient (Wildman–Crippen LogP) is -0.136. The van der Waals surface area contributed by atoms with E-state index >= 15 is 0 Å². The van der Waals surface area contributed by atoms with E-state index in [0.717, 1.165) is 29.1 Å². The van der Waals surface area contributed by atoms with Crippen LogP contribution in [0.4, 0.5) is 11.4 Å². The molecule has 0 unspecified atom stereocenters. The summed E-state index contributed by atoms with van der Waals surface area (Å²) in [6, 6.07) is 1.71. The SMILES string of the molecule is Nc1cc2c3c(c1O)N=CC=3CCN=2. The van der Waals surface area contributed by atoms with Crippen LogP contribution in [0.3, 0.4) is 0 Å². The van der Waals surface area contributed by atoms with E-state index in [4.69, 9.17) is 5.73 Å². The molecule has 0 amide bonds. The van der Waals surface area contributed by atoms with Gasteiger partial charge < -0.3 is 10.8 Å². The van der Waals surface area contributed by atoms with Crippen LogP contribution in [0, 0.1) is 0 Å². The molecule has 3 N–H and O–H groups in total. The fourth-order valence-electron chi connectivity index (χ4n) is 1.92. The minimum atomic E-state index is 0.0760. The first kappa shape index (κ1) is 7.55. The molecular formula is C10H9N3O. The molecule has 0 fully saturated rings. The molecule has 1 aromatic carbocycles. The van der Waals surface area contributed by atoms with Gasteiger partial charge in [0.1, 0.15) is 5.69 Å². The van der Waals surface area contributed by atoms with Crippen molar-refractivity contribution < 1.29 is 5.11 Å². The number of aliphatic imine (C=N–C) groups is 1. The molecule has 14 heavy (non-hydrogen) atoms. The molecular weight excluding hydrogens is 178 g/mol. The molecule has 4 nitrogen and oxygen atoms in total. The zero-order chi connectivity index (χ0) is 9.71. The molecule has 0 saturated heterocycles. The lowest BCUT2D eigenvalue weighted by Crippen LogP contribution is -2.30. The third-order valence-electron chi connectivity index (χ3n) is 2.62. The lowest BCUT2D eigenvalue weighted by Gasteiger charge is -2.06. The van der Waals surface area contributed by atoms with Crippen molar-refractivity contribution in [3.63, 3.8) is 0 Å². The van der Waals surface area contributed by atoms with Crippen LogP contribution in [0.25, 0.3) is 5.57 Å². The standard InChI is InChI=1S/C10H9N3O/c11-6-3-7-8-5(1-2-12-7)4-13-9(8)10(6)14/h3-4,14H,1-2,11H2. The number of nitrogens with zero attached hydrogens (tertiary/aromatic N) is 2. The molecule has 3 rings (SSSR count). The van der Waals surface area contributed by atoms with Crippen molar-refractivity contribution in [2.45, 2.75) is 6.42 Å². The molecule has 0 atom stereocenters. The summed E-state index contributed by atoms with van der Waals surface area (Å²) >= 11 is 0. The maximum Gasteiger partial charge on any atom is 0.165 e. The second kappa shape index (κ2) is 2.35. The summed E-state index contributed by atoms with van der Waals surface area (Å²) in [7, 11) is 0. The monoisotopic (exact) mass is 187 g/mol. The van der Waals surface area contributed by atoms with Crippen LogP contribution in [0.5, 0.6) is 5.75 Å². The summed E-state index contributed by atoms with van der Waals surface area (Å²) in [6.45, 7) is 0.776. The molecule has 70 valence electrons. The Hall–Kier alpha value is -1.84. The van der Waals surface area contributed by atoms with Gasteiger partial charge in [0.15, 0.2) is 5.75 Å². The molecule has 0 aliphatic carbocycles. The Balaban J connectivity index is 2.59. The van der Waals surface area contributed by atoms with Gasteiger partial charge in [0.2, 0.25) is 0 Å². The van der Waals surface area contributed by atoms with E-state index in [2.05, 4.69) is 9.98 Å². The Morgan fingerprint density at radius 2 is 2.29 bits per heavy atom. The van der Waals surface area contributed by atoms with E-state index in [1.165, 1.54) is 0 Å². The number of nitrogens with two attached hydrogens (primary N) is 1. The van der Waals surface area contributed by atoms with Crippen molar-refractivity contribution in [2.75, 3.05) is 12.3 Å². The minimum Gasteiger partial charge on any atom is -0.504 e. The number of nitrogen functional groups attached to an aromatic ring is 1. The molecule has 4 heteroatoms. The van der Waals surface area contributed by atoms with Crippen molar-refractivity contribution in [2.24, 2.45) is 9.98 Å². The Labute approximate surface area is 80.1 Å². The first-order chi connectivity index (χ1) is 6.77. The highest BCUT2D eigenvalue weighted by atomic mass is 16.3. The van der Waals surface area contributed by atoms with Gasteiger partial charge in [-0.25, -0.2) is 0 Å². The number of benzene rings is 1. The van der Waals surface area contributed by atoms with Crippen LogP contribution in [-0.2, 0) is 0 Å². The fourth-order valence-corrected chi connectivity index (χ4v) is 1.92. The summed E-state index contributed by atoms with van der Waals surface area (Å²) in [6.07, 6.45) is 2.69. The van der Waals surface area contributed by atoms with E-state index in [1.807, 2.05) is 0 Å². The van der Waals surface area contributed by atoms with Crippen LogP contribution >= 0.6 is 0 Å². The molecule has 0 radical (unpaired) electrons. The van der Waals surface area contributed by atoms with Crippen LogP contribution in [0.1, 0.15) is 6.42 Å². The highest BCUT2D eigenvalue weighted by molar-refractivity contribution is 6.08. The van der Waals surface area contributed by atoms with Gasteiger partial charge in [-0.05, 0) is 18.1 Å². The average Bonchev–Trinajstić information content (AvgIpc) is 2.60. The third kappa shape index (κ3) is 0.775. The van der Waals surface area contributed by atoms with Gasteiger partial charge >= 0.3 is 0 Å². The second-order valence-electron chi connectivity index (χ2n) is 3.47. The van der Waals surface area contributed by atoms with Crippen molar-refractivity contribution in [1.82, 2.24) is 0 Å². The van der Waals surface area contributed by atoms with E-state index in [-0.39, 0.29) is 5.75 Å². The van der Waals surface area contributed by atoms with E-state index in [0.29, 0.717) is 11.4 Å². The van der Waals surface area contributed by atoms with Gasteiger partial charge in [0, 0.05) is 18.0 Å². The van der Waals surface area contributed by atoms with Gasteiger partial charge in [-0.2, -0.15) is 0 Å². The number of aromatic hydroxyl groups is 1. The Morgan fingerprint density at radius 1 is 1.43 bits per heavy atom. The predicted molar refractivity (Wildman–Crippen MR) is 54.3 cm³/mol. The smallest absolute Gasteiger partial charge is 0.165 e. The molecule has 2 aliphatic rings.